The Morgan fingerprint density at radius 3 is 1.38 bits per heavy atom. The summed E-state index contributed by atoms with van der Waals surface area (Å²) in [6, 6.07) is 57.5. The second-order valence-corrected chi connectivity index (χ2v) is 12.9. The van der Waals surface area contributed by atoms with Crippen LogP contribution in [-0.2, 0) is 0 Å². The SMILES string of the molecule is c1ccc(-c2nc(-c3ccc(-c4cc5c6ccccc6c(-c6cccc7ccccc67)cc5c5ccccc45)cc3)nc(-c3ccccn3)n2)nc1. The average Bonchev–Trinajstić information content (AvgIpc) is 3.23. The molecule has 3 aromatic heterocycles. The van der Waals surface area contributed by atoms with Gasteiger partial charge in [-0.3, -0.25) is 9.97 Å². The van der Waals surface area contributed by atoms with Gasteiger partial charge in [0.05, 0.1) is 0 Å². The third-order valence-corrected chi connectivity index (χ3v) is 9.84. The van der Waals surface area contributed by atoms with E-state index in [1.54, 1.807) is 12.4 Å². The quantitative estimate of drug-likeness (QED) is 0.171. The first kappa shape index (κ1) is 29.8. The number of fused-ring (bicyclic) bond motifs is 6. The van der Waals surface area contributed by atoms with Crippen LogP contribution in [0.1, 0.15) is 0 Å². The average molecular weight is 664 g/mol. The summed E-state index contributed by atoms with van der Waals surface area (Å²) in [5.41, 5.74) is 7.03. The van der Waals surface area contributed by atoms with E-state index in [4.69, 9.17) is 15.0 Å². The lowest BCUT2D eigenvalue weighted by Gasteiger charge is -2.17. The van der Waals surface area contributed by atoms with Gasteiger partial charge in [0.25, 0.3) is 0 Å². The number of aromatic nitrogens is 5. The molecule has 0 spiro atoms. The van der Waals surface area contributed by atoms with Crippen LogP contribution in [0.5, 0.6) is 0 Å². The Morgan fingerprint density at radius 1 is 0.288 bits per heavy atom. The summed E-state index contributed by atoms with van der Waals surface area (Å²) in [7, 11) is 0. The molecule has 5 heteroatoms. The molecule has 242 valence electrons. The minimum absolute atomic E-state index is 0.505. The molecular weight excluding hydrogens is 635 g/mol. The maximum Gasteiger partial charge on any atom is 0.182 e. The molecule has 52 heavy (non-hydrogen) atoms. The second kappa shape index (κ2) is 12.3. The summed E-state index contributed by atoms with van der Waals surface area (Å²) in [5, 5.41) is 9.88. The molecule has 0 bridgehead atoms. The first-order chi connectivity index (χ1) is 25.8. The van der Waals surface area contributed by atoms with Crippen LogP contribution >= 0.6 is 0 Å². The standard InChI is InChI=1S/C47H29N5/c1-2-14-33-30(12-1)13-11-19-34(33)40-29-42-36-16-4-3-15-35(36)39(28-41(42)38-18-6-5-17-37(38)40)31-22-24-32(25-23-31)45-50-46(43-20-7-9-26-48-43)52-47(51-45)44-21-8-10-27-49-44/h1-29H. The van der Waals surface area contributed by atoms with Gasteiger partial charge in [-0.25, -0.2) is 15.0 Å². The van der Waals surface area contributed by atoms with Gasteiger partial charge in [-0.2, -0.15) is 0 Å². The second-order valence-electron chi connectivity index (χ2n) is 12.9. The van der Waals surface area contributed by atoms with Crippen molar-refractivity contribution in [2.45, 2.75) is 0 Å². The first-order valence-corrected chi connectivity index (χ1v) is 17.3. The molecule has 7 aromatic carbocycles. The Kier molecular flexibility index (Phi) is 7.07. The van der Waals surface area contributed by atoms with Crippen LogP contribution < -0.4 is 0 Å². The van der Waals surface area contributed by atoms with Gasteiger partial charge in [-0.05, 0) is 102 Å². The van der Waals surface area contributed by atoms with Crippen molar-refractivity contribution in [3.8, 4) is 56.7 Å². The van der Waals surface area contributed by atoms with Crippen molar-refractivity contribution in [3.63, 3.8) is 0 Å². The fourth-order valence-electron chi connectivity index (χ4n) is 7.40. The molecule has 0 saturated carbocycles. The fraction of sp³-hybridized carbons (Fsp3) is 0. The molecule has 0 saturated heterocycles. The molecule has 0 aliphatic heterocycles. The van der Waals surface area contributed by atoms with E-state index in [2.05, 4.69) is 137 Å². The summed E-state index contributed by atoms with van der Waals surface area (Å²) >= 11 is 0. The smallest absolute Gasteiger partial charge is 0.182 e. The molecule has 5 nitrogen and oxygen atoms in total. The van der Waals surface area contributed by atoms with E-state index >= 15 is 0 Å². The van der Waals surface area contributed by atoms with Crippen LogP contribution in [0.25, 0.3) is 99.8 Å². The van der Waals surface area contributed by atoms with Crippen molar-refractivity contribution in [1.29, 1.82) is 0 Å². The van der Waals surface area contributed by atoms with Gasteiger partial charge in [-0.1, -0.05) is 127 Å². The zero-order valence-corrected chi connectivity index (χ0v) is 28.0. The van der Waals surface area contributed by atoms with Crippen LogP contribution in [0.3, 0.4) is 0 Å². The van der Waals surface area contributed by atoms with Gasteiger partial charge in [0.15, 0.2) is 17.5 Å². The van der Waals surface area contributed by atoms with E-state index in [0.717, 1.165) is 11.1 Å². The maximum atomic E-state index is 4.87. The predicted molar refractivity (Wildman–Crippen MR) is 213 cm³/mol. The van der Waals surface area contributed by atoms with Crippen LogP contribution in [0.4, 0.5) is 0 Å². The van der Waals surface area contributed by atoms with Gasteiger partial charge in [0.2, 0.25) is 0 Å². The van der Waals surface area contributed by atoms with E-state index in [0.29, 0.717) is 28.9 Å². The summed E-state index contributed by atoms with van der Waals surface area (Å²) in [6.45, 7) is 0. The number of benzene rings is 7. The van der Waals surface area contributed by atoms with Crippen molar-refractivity contribution >= 4 is 43.1 Å². The maximum absolute atomic E-state index is 4.87. The lowest BCUT2D eigenvalue weighted by atomic mass is 9.86. The van der Waals surface area contributed by atoms with Crippen molar-refractivity contribution in [2.24, 2.45) is 0 Å². The van der Waals surface area contributed by atoms with Crippen molar-refractivity contribution in [1.82, 2.24) is 24.9 Å². The minimum atomic E-state index is 0.505. The van der Waals surface area contributed by atoms with E-state index in [1.165, 1.54) is 59.8 Å². The molecule has 0 amide bonds. The fourth-order valence-corrected chi connectivity index (χ4v) is 7.40. The monoisotopic (exact) mass is 663 g/mol. The molecule has 0 atom stereocenters. The molecule has 0 unspecified atom stereocenters. The molecule has 0 fully saturated rings. The topological polar surface area (TPSA) is 64.5 Å². The Hall–Kier alpha value is -7.11. The summed E-state index contributed by atoms with van der Waals surface area (Å²) in [5.74, 6) is 1.58. The molecule has 0 radical (unpaired) electrons. The lowest BCUT2D eigenvalue weighted by molar-refractivity contribution is 1.05. The van der Waals surface area contributed by atoms with Crippen molar-refractivity contribution in [2.75, 3.05) is 0 Å². The Balaban J connectivity index is 1.14. The van der Waals surface area contributed by atoms with E-state index in [9.17, 15) is 0 Å². The van der Waals surface area contributed by atoms with Crippen LogP contribution in [-0.4, -0.2) is 24.9 Å². The van der Waals surface area contributed by atoms with E-state index in [-0.39, 0.29) is 0 Å². The largest absolute Gasteiger partial charge is 0.253 e. The van der Waals surface area contributed by atoms with Gasteiger partial charge in [0.1, 0.15) is 11.4 Å². The van der Waals surface area contributed by atoms with Gasteiger partial charge in [-0.15, -0.1) is 0 Å². The predicted octanol–water partition coefficient (Wildman–Crippen LogP) is 11.6. The van der Waals surface area contributed by atoms with Crippen LogP contribution in [0.2, 0.25) is 0 Å². The summed E-state index contributed by atoms with van der Waals surface area (Å²) in [6.07, 6.45) is 3.49. The van der Waals surface area contributed by atoms with E-state index < -0.39 is 0 Å². The lowest BCUT2D eigenvalue weighted by Crippen LogP contribution is -2.01. The molecule has 10 aromatic rings. The molecule has 0 aliphatic carbocycles. The van der Waals surface area contributed by atoms with Crippen LogP contribution in [0.15, 0.2) is 176 Å². The third kappa shape index (κ3) is 5.07. The minimum Gasteiger partial charge on any atom is -0.253 e. The highest BCUT2D eigenvalue weighted by atomic mass is 15.1. The first-order valence-electron chi connectivity index (χ1n) is 17.3. The highest BCUT2D eigenvalue weighted by molar-refractivity contribution is 6.24. The zero-order valence-electron chi connectivity index (χ0n) is 28.0. The molecule has 10 rings (SSSR count). The highest BCUT2D eigenvalue weighted by Gasteiger charge is 2.17. The summed E-state index contributed by atoms with van der Waals surface area (Å²) < 4.78 is 0. The van der Waals surface area contributed by atoms with Gasteiger partial charge in [0, 0.05) is 18.0 Å². The normalized spacial score (nSPS) is 11.5. The van der Waals surface area contributed by atoms with Crippen molar-refractivity contribution in [3.05, 3.63) is 176 Å². The molecule has 0 aliphatic rings. The summed E-state index contributed by atoms with van der Waals surface area (Å²) in [4.78, 5) is 23.5. The number of pyridine rings is 2. The molecule has 3 heterocycles. The highest BCUT2D eigenvalue weighted by Crippen LogP contribution is 2.43. The number of rotatable bonds is 5. The molecule has 0 N–H and O–H groups in total. The van der Waals surface area contributed by atoms with E-state index in [1.807, 2.05) is 36.4 Å². The van der Waals surface area contributed by atoms with Crippen LogP contribution in [0, 0.1) is 0 Å². The number of hydrogen-bond acceptors (Lipinski definition) is 5. The Morgan fingerprint density at radius 2 is 0.769 bits per heavy atom. The number of nitrogens with zero attached hydrogens (tertiary/aromatic N) is 5. The Bertz CT molecular complexity index is 2880. The number of hydrogen-bond donors (Lipinski definition) is 0. The Labute approximate surface area is 300 Å². The molecular formula is C47H29N5. The zero-order chi connectivity index (χ0) is 34.4. The van der Waals surface area contributed by atoms with Gasteiger partial charge >= 0.3 is 0 Å². The third-order valence-electron chi connectivity index (χ3n) is 9.84. The van der Waals surface area contributed by atoms with Gasteiger partial charge < -0.3 is 0 Å². The van der Waals surface area contributed by atoms with Crippen molar-refractivity contribution < 1.29 is 0 Å².